The molecule has 1 aliphatic heterocycles. The summed E-state index contributed by atoms with van der Waals surface area (Å²) in [5.41, 5.74) is 1.05. The molecule has 3 rings (SSSR count). The lowest BCUT2D eigenvalue weighted by molar-refractivity contribution is 0.102. The van der Waals surface area contributed by atoms with Crippen LogP contribution >= 0.6 is 11.6 Å². The second-order valence-corrected chi connectivity index (χ2v) is 8.70. The molecule has 150 valence electrons. The number of anilines is 2. The number of hydrogen-bond acceptors (Lipinski definition) is 5. The number of rotatable bonds is 5. The Labute approximate surface area is 169 Å². The maximum Gasteiger partial charge on any atom is 0.257 e. The molecule has 9 heteroatoms. The molecule has 2 aromatic rings. The molecule has 1 amide bonds. The van der Waals surface area contributed by atoms with E-state index in [0.717, 1.165) is 6.42 Å². The highest BCUT2D eigenvalue weighted by Gasteiger charge is 2.27. The van der Waals surface area contributed by atoms with Crippen molar-refractivity contribution in [2.45, 2.75) is 12.8 Å². The van der Waals surface area contributed by atoms with E-state index in [1.807, 2.05) is 0 Å². The molecule has 0 saturated carbocycles. The van der Waals surface area contributed by atoms with Gasteiger partial charge in [-0.3, -0.25) is 9.10 Å². The highest BCUT2D eigenvalue weighted by atomic mass is 35.5. The monoisotopic (exact) mass is 424 g/mol. The zero-order chi connectivity index (χ0) is 20.3. The minimum atomic E-state index is -3.38. The Bertz CT molecular complexity index is 994. The van der Waals surface area contributed by atoms with Crippen LogP contribution < -0.4 is 19.1 Å². The van der Waals surface area contributed by atoms with Crippen molar-refractivity contribution in [3.05, 3.63) is 47.0 Å². The van der Waals surface area contributed by atoms with Gasteiger partial charge in [0.05, 0.1) is 41.9 Å². The third-order valence-corrected chi connectivity index (χ3v) is 6.69. The number of methoxy groups -OCH3 is 2. The molecule has 0 unspecified atom stereocenters. The van der Waals surface area contributed by atoms with E-state index in [9.17, 15) is 13.2 Å². The van der Waals surface area contributed by atoms with Crippen LogP contribution in [0.2, 0.25) is 5.02 Å². The number of ether oxygens (including phenoxy) is 2. The number of amides is 1. The molecule has 1 N–H and O–H groups in total. The molecule has 0 radical (unpaired) electrons. The number of nitrogens with zero attached hydrogens (tertiary/aromatic N) is 1. The van der Waals surface area contributed by atoms with Gasteiger partial charge in [0, 0.05) is 12.6 Å². The topological polar surface area (TPSA) is 84.9 Å². The quantitative estimate of drug-likeness (QED) is 0.793. The Morgan fingerprint density at radius 1 is 1.11 bits per heavy atom. The van der Waals surface area contributed by atoms with Gasteiger partial charge in [0.1, 0.15) is 11.5 Å². The van der Waals surface area contributed by atoms with Gasteiger partial charge in [-0.1, -0.05) is 11.6 Å². The molecule has 0 spiro atoms. The summed E-state index contributed by atoms with van der Waals surface area (Å²) in [7, 11) is -0.364. The van der Waals surface area contributed by atoms with E-state index in [1.54, 1.807) is 24.3 Å². The fourth-order valence-corrected chi connectivity index (χ4v) is 4.85. The van der Waals surface area contributed by atoms with E-state index in [4.69, 9.17) is 21.1 Å². The Balaban J connectivity index is 1.90. The maximum absolute atomic E-state index is 12.8. The van der Waals surface area contributed by atoms with Gasteiger partial charge >= 0.3 is 0 Å². The predicted octanol–water partition coefficient (Wildman–Crippen LogP) is 3.54. The molecule has 28 heavy (non-hydrogen) atoms. The lowest BCUT2D eigenvalue weighted by atomic mass is 10.1. The molecule has 1 fully saturated rings. The van der Waals surface area contributed by atoms with Crippen LogP contribution in [0.3, 0.4) is 0 Å². The zero-order valence-corrected chi connectivity index (χ0v) is 17.1. The first-order valence-electron chi connectivity index (χ1n) is 8.69. The largest absolute Gasteiger partial charge is 0.497 e. The van der Waals surface area contributed by atoms with Crippen LogP contribution in [-0.2, 0) is 10.0 Å². The molecular formula is C19H21ClN2O5S. The van der Waals surface area contributed by atoms with Crippen LogP contribution in [0.15, 0.2) is 36.4 Å². The second kappa shape index (κ2) is 8.28. The second-order valence-electron chi connectivity index (χ2n) is 6.28. The highest BCUT2D eigenvalue weighted by molar-refractivity contribution is 7.92. The molecule has 7 nitrogen and oxygen atoms in total. The molecule has 1 saturated heterocycles. The molecular weight excluding hydrogens is 404 g/mol. The SMILES string of the molecule is COc1ccc(NC(=O)c2cc(N3CCCCS3(=O)=O)ccc2Cl)c(OC)c1. The number of sulfonamides is 1. The maximum atomic E-state index is 12.8. The van der Waals surface area contributed by atoms with Crippen molar-refractivity contribution in [3.8, 4) is 11.5 Å². The van der Waals surface area contributed by atoms with Gasteiger partial charge in [-0.25, -0.2) is 8.42 Å². The Hall–Kier alpha value is -2.45. The smallest absolute Gasteiger partial charge is 0.257 e. The molecule has 0 aromatic heterocycles. The summed E-state index contributed by atoms with van der Waals surface area (Å²) in [5.74, 6) is 0.647. The van der Waals surface area contributed by atoms with Crippen molar-refractivity contribution < 1.29 is 22.7 Å². The number of halogens is 1. The third kappa shape index (κ3) is 4.18. The first-order valence-corrected chi connectivity index (χ1v) is 10.7. The summed E-state index contributed by atoms with van der Waals surface area (Å²) in [6.07, 6.45) is 1.41. The van der Waals surface area contributed by atoms with E-state index in [-0.39, 0.29) is 16.3 Å². The fraction of sp³-hybridized carbons (Fsp3) is 0.316. The van der Waals surface area contributed by atoms with E-state index >= 15 is 0 Å². The van der Waals surface area contributed by atoms with E-state index in [0.29, 0.717) is 35.8 Å². The van der Waals surface area contributed by atoms with Gasteiger partial charge in [-0.15, -0.1) is 0 Å². The normalized spacial score (nSPS) is 15.8. The van der Waals surface area contributed by atoms with Crippen LogP contribution in [0, 0.1) is 0 Å². The Morgan fingerprint density at radius 2 is 1.89 bits per heavy atom. The van der Waals surface area contributed by atoms with Crippen LogP contribution in [0.1, 0.15) is 23.2 Å². The molecule has 0 atom stereocenters. The summed E-state index contributed by atoms with van der Waals surface area (Å²) >= 11 is 6.21. The number of hydrogen-bond donors (Lipinski definition) is 1. The molecule has 2 aromatic carbocycles. The summed E-state index contributed by atoms with van der Waals surface area (Å²) in [4.78, 5) is 12.8. The lowest BCUT2D eigenvalue weighted by Gasteiger charge is -2.28. The van der Waals surface area contributed by atoms with Crippen molar-refractivity contribution in [2.24, 2.45) is 0 Å². The van der Waals surface area contributed by atoms with Gasteiger partial charge in [-0.05, 0) is 43.2 Å². The molecule has 1 heterocycles. The van der Waals surface area contributed by atoms with Crippen LogP contribution in [-0.4, -0.2) is 40.8 Å². The molecule has 0 bridgehead atoms. The Kier molecular flexibility index (Phi) is 6.00. The first-order chi connectivity index (χ1) is 13.4. The lowest BCUT2D eigenvalue weighted by Crippen LogP contribution is -2.38. The average molecular weight is 425 g/mol. The van der Waals surface area contributed by atoms with Crippen LogP contribution in [0.5, 0.6) is 11.5 Å². The summed E-state index contributed by atoms with van der Waals surface area (Å²) in [5, 5.41) is 2.97. The van der Waals surface area contributed by atoms with Crippen molar-refractivity contribution >= 4 is 38.9 Å². The van der Waals surface area contributed by atoms with E-state index < -0.39 is 15.9 Å². The summed E-state index contributed by atoms with van der Waals surface area (Å²) in [6, 6.07) is 9.63. The minimum absolute atomic E-state index is 0.0974. The number of carbonyl (C=O) groups excluding carboxylic acids is 1. The molecule has 1 aliphatic rings. The van der Waals surface area contributed by atoms with Crippen LogP contribution in [0.25, 0.3) is 0 Å². The van der Waals surface area contributed by atoms with Crippen LogP contribution in [0.4, 0.5) is 11.4 Å². The van der Waals surface area contributed by atoms with Gasteiger partial charge in [0.2, 0.25) is 10.0 Å². The van der Waals surface area contributed by atoms with Gasteiger partial charge in [0.15, 0.2) is 0 Å². The van der Waals surface area contributed by atoms with Crippen molar-refractivity contribution in [1.82, 2.24) is 0 Å². The molecule has 0 aliphatic carbocycles. The zero-order valence-electron chi connectivity index (χ0n) is 15.6. The number of carbonyl (C=O) groups is 1. The summed E-state index contributed by atoms with van der Waals surface area (Å²) in [6.45, 7) is 0.386. The van der Waals surface area contributed by atoms with Crippen molar-refractivity contribution in [2.75, 3.05) is 36.1 Å². The van der Waals surface area contributed by atoms with E-state index in [1.165, 1.54) is 30.7 Å². The predicted molar refractivity (Wildman–Crippen MR) is 109 cm³/mol. The number of benzene rings is 2. The van der Waals surface area contributed by atoms with Gasteiger partial charge in [-0.2, -0.15) is 0 Å². The fourth-order valence-electron chi connectivity index (χ4n) is 3.01. The van der Waals surface area contributed by atoms with Crippen molar-refractivity contribution in [3.63, 3.8) is 0 Å². The first kappa shape index (κ1) is 20.3. The van der Waals surface area contributed by atoms with Gasteiger partial charge in [0.25, 0.3) is 5.91 Å². The number of nitrogens with one attached hydrogen (secondary N) is 1. The van der Waals surface area contributed by atoms with E-state index in [2.05, 4.69) is 5.32 Å². The Morgan fingerprint density at radius 3 is 2.57 bits per heavy atom. The average Bonchev–Trinajstić information content (AvgIpc) is 2.68. The van der Waals surface area contributed by atoms with Gasteiger partial charge < -0.3 is 14.8 Å². The summed E-state index contributed by atoms with van der Waals surface area (Å²) < 4.78 is 36.5. The third-order valence-electron chi connectivity index (χ3n) is 4.49. The standard InChI is InChI=1S/C19H21ClN2O5S/c1-26-14-6-8-17(18(12-14)27-2)21-19(23)15-11-13(5-7-16(15)20)22-9-3-4-10-28(22,24)25/h5-8,11-12H,3-4,9-10H2,1-2H3,(H,21,23). The highest BCUT2D eigenvalue weighted by Crippen LogP contribution is 2.31. The van der Waals surface area contributed by atoms with Crippen molar-refractivity contribution in [1.29, 1.82) is 0 Å². The minimum Gasteiger partial charge on any atom is -0.497 e.